The first-order valence-electron chi connectivity index (χ1n) is 14.0. The average molecular weight is 522 g/mol. The number of aliphatic hydroxyl groups is 1. The first-order chi connectivity index (χ1) is 18.0. The van der Waals surface area contributed by atoms with Gasteiger partial charge in [-0.2, -0.15) is 0 Å². The maximum Gasteiger partial charge on any atom is 0.231 e. The minimum absolute atomic E-state index is 0.122. The van der Waals surface area contributed by atoms with Crippen molar-refractivity contribution >= 4 is 11.8 Å². The molecule has 0 spiro atoms. The lowest BCUT2D eigenvalue weighted by atomic mass is 9.73. The fraction of sp³-hybridized carbons (Fsp3) is 0.516. The SMILES string of the molecule is O[C@](c1ccccc1)(c1ncc(C[N+]23CCC(CC2)[C@@H](CSc2cccc(F)c2)C3)o1)C1CCCCC1. The molecule has 7 rings (SSSR count). The number of hydrogen-bond acceptors (Lipinski definition) is 4. The average Bonchev–Trinajstić information content (AvgIpc) is 3.41. The molecule has 196 valence electrons. The van der Waals surface area contributed by atoms with Crippen LogP contribution in [0.3, 0.4) is 0 Å². The van der Waals surface area contributed by atoms with Crippen LogP contribution in [-0.2, 0) is 12.1 Å². The number of thioether (sulfide) groups is 1. The highest BCUT2D eigenvalue weighted by Gasteiger charge is 2.48. The molecule has 1 saturated carbocycles. The van der Waals surface area contributed by atoms with Crippen molar-refractivity contribution in [3.63, 3.8) is 0 Å². The Morgan fingerprint density at radius 1 is 1.00 bits per heavy atom. The number of quaternary nitrogens is 1. The lowest BCUT2D eigenvalue weighted by molar-refractivity contribution is -0.959. The third-order valence-corrected chi connectivity index (χ3v) is 10.5. The van der Waals surface area contributed by atoms with Gasteiger partial charge in [-0.3, -0.25) is 0 Å². The fourth-order valence-corrected chi connectivity index (χ4v) is 8.40. The van der Waals surface area contributed by atoms with Gasteiger partial charge in [0.1, 0.15) is 12.4 Å². The van der Waals surface area contributed by atoms with Gasteiger partial charge >= 0.3 is 0 Å². The Kier molecular flexibility index (Phi) is 7.17. The van der Waals surface area contributed by atoms with Crippen LogP contribution < -0.4 is 0 Å². The highest BCUT2D eigenvalue weighted by Crippen LogP contribution is 2.45. The minimum Gasteiger partial charge on any atom is -0.436 e. The summed E-state index contributed by atoms with van der Waals surface area (Å²) in [6.07, 6.45) is 9.86. The summed E-state index contributed by atoms with van der Waals surface area (Å²) >= 11 is 1.79. The summed E-state index contributed by atoms with van der Waals surface area (Å²) in [7, 11) is 0. The highest BCUT2D eigenvalue weighted by molar-refractivity contribution is 7.99. The molecule has 3 aliphatic heterocycles. The van der Waals surface area contributed by atoms with Gasteiger partial charge in [-0.25, -0.2) is 9.37 Å². The first-order valence-corrected chi connectivity index (χ1v) is 15.0. The Morgan fingerprint density at radius 3 is 2.54 bits per heavy atom. The van der Waals surface area contributed by atoms with Crippen molar-refractivity contribution in [2.24, 2.45) is 17.8 Å². The molecule has 6 heteroatoms. The molecule has 37 heavy (non-hydrogen) atoms. The van der Waals surface area contributed by atoms with E-state index in [2.05, 4.69) is 0 Å². The smallest absolute Gasteiger partial charge is 0.231 e. The summed E-state index contributed by atoms with van der Waals surface area (Å²) in [5.41, 5.74) is -0.297. The van der Waals surface area contributed by atoms with Gasteiger partial charge < -0.3 is 14.0 Å². The third kappa shape index (κ3) is 5.13. The van der Waals surface area contributed by atoms with Gasteiger partial charge in [0, 0.05) is 35.3 Å². The molecular weight excluding hydrogens is 483 g/mol. The Labute approximate surface area is 223 Å². The quantitative estimate of drug-likeness (QED) is 0.262. The van der Waals surface area contributed by atoms with Crippen LogP contribution in [-0.4, -0.2) is 40.0 Å². The second kappa shape index (κ2) is 10.5. The molecule has 2 aromatic carbocycles. The van der Waals surface area contributed by atoms with Gasteiger partial charge in [-0.1, -0.05) is 55.7 Å². The van der Waals surface area contributed by atoms with E-state index in [1.165, 1.54) is 38.4 Å². The highest BCUT2D eigenvalue weighted by atomic mass is 32.2. The van der Waals surface area contributed by atoms with Crippen molar-refractivity contribution in [3.05, 3.63) is 83.8 Å². The van der Waals surface area contributed by atoms with Gasteiger partial charge in [-0.15, -0.1) is 11.8 Å². The van der Waals surface area contributed by atoms with Crippen LogP contribution in [0.1, 0.15) is 62.2 Å². The van der Waals surface area contributed by atoms with Crippen LogP contribution >= 0.6 is 11.8 Å². The Hall–Kier alpha value is -2.15. The summed E-state index contributed by atoms with van der Waals surface area (Å²) in [6.45, 7) is 4.31. The van der Waals surface area contributed by atoms with E-state index in [0.29, 0.717) is 11.8 Å². The minimum atomic E-state index is -1.18. The van der Waals surface area contributed by atoms with Crippen LogP contribution in [0.5, 0.6) is 0 Å². The van der Waals surface area contributed by atoms with E-state index in [4.69, 9.17) is 9.40 Å². The fourth-order valence-electron chi connectivity index (χ4n) is 7.24. The zero-order valence-corrected chi connectivity index (χ0v) is 22.3. The number of rotatable bonds is 8. The zero-order chi connectivity index (χ0) is 25.3. The standard InChI is InChI=1S/C31H38FN2O2S/c32-27-12-7-13-29(18-27)37-22-24-20-34(16-14-23(24)15-17-34)21-28-19-33-30(36-28)31(35,25-8-3-1-4-9-25)26-10-5-2-6-11-26/h1,3-4,7-9,12-13,18-19,23-24,26,35H,2,5-6,10-11,14-17,20-22H2/q+1/t23?,24-,31+,34?/m1/s1. The van der Waals surface area contributed by atoms with Gasteiger partial charge in [0.05, 0.1) is 25.8 Å². The molecule has 3 saturated heterocycles. The maximum atomic E-state index is 13.6. The molecule has 4 heterocycles. The van der Waals surface area contributed by atoms with Crippen LogP contribution in [0.25, 0.3) is 0 Å². The molecule has 0 radical (unpaired) electrons. The van der Waals surface area contributed by atoms with Crippen LogP contribution in [0, 0.1) is 23.6 Å². The molecule has 3 aromatic rings. The number of halogens is 1. The van der Waals surface area contributed by atoms with Gasteiger partial charge in [0.25, 0.3) is 0 Å². The second-order valence-electron chi connectivity index (χ2n) is 11.6. The molecular formula is C31H38FN2O2S+. The van der Waals surface area contributed by atoms with E-state index < -0.39 is 5.60 Å². The molecule has 1 aliphatic carbocycles. The predicted molar refractivity (Wildman–Crippen MR) is 144 cm³/mol. The van der Waals surface area contributed by atoms with Crippen LogP contribution in [0.4, 0.5) is 4.39 Å². The number of fused-ring (bicyclic) bond motifs is 3. The van der Waals surface area contributed by atoms with Crippen molar-refractivity contribution in [2.45, 2.75) is 62.0 Å². The van der Waals surface area contributed by atoms with E-state index in [1.807, 2.05) is 42.6 Å². The monoisotopic (exact) mass is 521 g/mol. The number of oxazole rings is 1. The Morgan fingerprint density at radius 2 is 1.78 bits per heavy atom. The van der Waals surface area contributed by atoms with Crippen LogP contribution in [0.2, 0.25) is 0 Å². The van der Waals surface area contributed by atoms with Gasteiger partial charge in [0.15, 0.2) is 11.4 Å². The predicted octanol–water partition coefficient (Wildman–Crippen LogP) is 6.78. The summed E-state index contributed by atoms with van der Waals surface area (Å²) in [6, 6.07) is 17.0. The van der Waals surface area contributed by atoms with E-state index in [-0.39, 0.29) is 11.7 Å². The number of piperidine rings is 3. The van der Waals surface area contributed by atoms with E-state index >= 15 is 0 Å². The summed E-state index contributed by atoms with van der Waals surface area (Å²) in [5.74, 6) is 3.73. The third-order valence-electron chi connectivity index (χ3n) is 9.28. The van der Waals surface area contributed by atoms with E-state index in [0.717, 1.165) is 71.1 Å². The Balaban J connectivity index is 1.19. The van der Waals surface area contributed by atoms with Gasteiger partial charge in [-0.05, 0) is 42.5 Å². The van der Waals surface area contributed by atoms with Crippen molar-refractivity contribution in [1.29, 1.82) is 0 Å². The summed E-state index contributed by atoms with van der Waals surface area (Å²) in [5, 5.41) is 12.2. The van der Waals surface area contributed by atoms with Gasteiger partial charge in [0.2, 0.25) is 5.89 Å². The maximum absolute atomic E-state index is 13.6. The number of benzene rings is 2. The number of nitrogens with zero attached hydrogens (tertiary/aromatic N) is 2. The largest absolute Gasteiger partial charge is 0.436 e. The molecule has 1 N–H and O–H groups in total. The molecule has 0 unspecified atom stereocenters. The topological polar surface area (TPSA) is 46.3 Å². The lowest BCUT2D eigenvalue weighted by Crippen LogP contribution is -2.61. The molecule has 4 nitrogen and oxygen atoms in total. The molecule has 0 amide bonds. The van der Waals surface area contributed by atoms with Crippen LogP contribution in [0.15, 0.2) is 70.1 Å². The van der Waals surface area contributed by atoms with Crippen molar-refractivity contribution in [2.75, 3.05) is 25.4 Å². The molecule has 4 fully saturated rings. The Bertz CT molecular complexity index is 1190. The number of hydrogen-bond donors (Lipinski definition) is 1. The molecule has 2 atom stereocenters. The van der Waals surface area contributed by atoms with E-state index in [1.54, 1.807) is 23.9 Å². The molecule has 2 bridgehead atoms. The second-order valence-corrected chi connectivity index (χ2v) is 12.7. The van der Waals surface area contributed by atoms with Crippen molar-refractivity contribution < 1.29 is 18.4 Å². The lowest BCUT2D eigenvalue weighted by Gasteiger charge is -2.52. The normalized spacial score (nSPS) is 27.7. The van der Waals surface area contributed by atoms with E-state index in [9.17, 15) is 9.50 Å². The number of aromatic nitrogens is 1. The first kappa shape index (κ1) is 25.1. The van der Waals surface area contributed by atoms with Crippen molar-refractivity contribution in [3.8, 4) is 0 Å². The van der Waals surface area contributed by atoms with Crippen molar-refractivity contribution in [1.82, 2.24) is 4.98 Å². The summed E-state index contributed by atoms with van der Waals surface area (Å²) < 4.78 is 21.1. The molecule has 4 aliphatic rings. The zero-order valence-electron chi connectivity index (χ0n) is 21.5. The molecule has 1 aromatic heterocycles. The summed E-state index contributed by atoms with van der Waals surface area (Å²) in [4.78, 5) is 5.74.